The summed E-state index contributed by atoms with van der Waals surface area (Å²) in [7, 11) is 0. The Bertz CT molecular complexity index is 1170. The Morgan fingerprint density at radius 3 is 2.61 bits per heavy atom. The first-order chi connectivity index (χ1) is 17.7. The number of Topliss-reactive ketones (excluding diaryl/α,β-unsaturated/α-hetero) is 1. The number of ether oxygens (including phenoxy) is 3. The number of fused-ring (bicyclic) bond motifs is 7. The molecule has 6 rings (SSSR count). The van der Waals surface area contributed by atoms with E-state index in [1.807, 2.05) is 6.92 Å². The molecule has 7 nitrogen and oxygen atoms in total. The Balaban J connectivity index is 1.40. The zero-order chi connectivity index (χ0) is 27.5. The lowest BCUT2D eigenvalue weighted by atomic mass is 9.44. The lowest BCUT2D eigenvalue weighted by molar-refractivity contribution is -0.247. The van der Waals surface area contributed by atoms with E-state index in [1.54, 1.807) is 20.8 Å². The third-order valence-electron chi connectivity index (χ3n) is 10.3. The molecule has 0 spiro atoms. The van der Waals surface area contributed by atoms with Crippen LogP contribution in [0, 0.1) is 22.7 Å². The zero-order valence-corrected chi connectivity index (χ0v) is 22.8. The number of aliphatic hydroxyl groups is 1. The van der Waals surface area contributed by atoms with Gasteiger partial charge in [0.2, 0.25) is 0 Å². The number of allylic oxidation sites excluding steroid dienone is 4. The molecule has 3 saturated carbocycles. The molecule has 2 aliphatic heterocycles. The monoisotopic (exact) mass is 552 g/mol. The summed E-state index contributed by atoms with van der Waals surface area (Å²) in [5.41, 5.74) is -6.23. The number of alkyl halides is 2. The summed E-state index contributed by atoms with van der Waals surface area (Å²) < 4.78 is 50.9. The molecule has 38 heavy (non-hydrogen) atoms. The van der Waals surface area contributed by atoms with Crippen LogP contribution >= 0.6 is 11.8 Å². The molecule has 5 fully saturated rings. The maximum absolute atomic E-state index is 17.4. The van der Waals surface area contributed by atoms with Crippen molar-refractivity contribution in [1.82, 2.24) is 0 Å². The van der Waals surface area contributed by atoms with Crippen LogP contribution in [0.25, 0.3) is 0 Å². The van der Waals surface area contributed by atoms with Crippen molar-refractivity contribution in [1.29, 1.82) is 0 Å². The van der Waals surface area contributed by atoms with Crippen LogP contribution in [0.15, 0.2) is 23.8 Å². The van der Waals surface area contributed by atoms with Crippen LogP contribution in [0.4, 0.5) is 8.78 Å². The minimum Gasteiger partial charge on any atom is -0.465 e. The van der Waals surface area contributed by atoms with E-state index in [1.165, 1.54) is 23.9 Å². The van der Waals surface area contributed by atoms with Crippen molar-refractivity contribution in [3.05, 3.63) is 23.8 Å². The highest BCUT2D eigenvalue weighted by molar-refractivity contribution is 8.01. The highest BCUT2D eigenvalue weighted by Gasteiger charge is 2.80. The number of cyclic esters (lactones) is 1. The van der Waals surface area contributed by atoms with E-state index >= 15 is 8.78 Å². The third-order valence-corrected chi connectivity index (χ3v) is 11.6. The number of hydrogen-bond acceptors (Lipinski definition) is 8. The van der Waals surface area contributed by atoms with Gasteiger partial charge in [0, 0.05) is 23.2 Å². The molecule has 0 amide bonds. The van der Waals surface area contributed by atoms with Gasteiger partial charge in [-0.3, -0.25) is 14.4 Å². The molecule has 6 aliphatic rings. The summed E-state index contributed by atoms with van der Waals surface area (Å²) >= 11 is 1.20. The highest BCUT2D eigenvalue weighted by atomic mass is 32.2. The summed E-state index contributed by atoms with van der Waals surface area (Å²) in [5.74, 6) is -3.60. The molecular weight excluding hydrogens is 518 g/mol. The predicted molar refractivity (Wildman–Crippen MR) is 134 cm³/mol. The van der Waals surface area contributed by atoms with Crippen LogP contribution in [0.1, 0.15) is 53.4 Å². The number of carbonyl (C=O) groups excluding carboxylic acids is 3. The largest absolute Gasteiger partial charge is 0.465 e. The number of ketones is 2. The van der Waals surface area contributed by atoms with E-state index in [-0.39, 0.29) is 42.3 Å². The Hall–Kier alpha value is -1.62. The standard InChI is InChI=1S/C28H34F2O7S/c1-24(2)36-22-11-15-16-10-18(29)17-9-14(31)5-7-25(17,3)27(16,30)20(32)12-26(15,4)28(22,37-24)21(33)13-38-19-6-8-35-23(19)34/h5,7,9,15-16,18-20,22,32H,6,8,10-13H2,1-4H3/t15-,16-,18-,19?,20-,22+,25-,26-,27-,28+/m0/s1. The molecule has 10 atom stereocenters. The molecule has 0 aromatic heterocycles. The molecule has 1 unspecified atom stereocenters. The van der Waals surface area contributed by atoms with Crippen LogP contribution in [0.5, 0.6) is 0 Å². The number of thioether (sulfide) groups is 1. The maximum Gasteiger partial charge on any atom is 0.319 e. The average Bonchev–Trinajstić information content (AvgIpc) is 3.44. The van der Waals surface area contributed by atoms with Gasteiger partial charge in [0.15, 0.2) is 28.6 Å². The quantitative estimate of drug-likeness (QED) is 0.530. The molecule has 0 aromatic carbocycles. The third kappa shape index (κ3) is 3.20. The molecule has 0 bridgehead atoms. The van der Waals surface area contributed by atoms with Gasteiger partial charge in [-0.1, -0.05) is 13.0 Å². The van der Waals surface area contributed by atoms with Gasteiger partial charge in [-0.15, -0.1) is 11.8 Å². The van der Waals surface area contributed by atoms with E-state index in [2.05, 4.69) is 0 Å². The molecule has 4 aliphatic carbocycles. The lowest BCUT2D eigenvalue weighted by Crippen LogP contribution is -2.71. The van der Waals surface area contributed by atoms with E-state index in [0.29, 0.717) is 13.0 Å². The number of rotatable bonds is 4. The van der Waals surface area contributed by atoms with Gasteiger partial charge in [-0.2, -0.15) is 0 Å². The molecule has 1 N–H and O–H groups in total. The summed E-state index contributed by atoms with van der Waals surface area (Å²) in [4.78, 5) is 38.2. The summed E-state index contributed by atoms with van der Waals surface area (Å²) in [6, 6.07) is 0. The van der Waals surface area contributed by atoms with Crippen molar-refractivity contribution >= 4 is 29.3 Å². The fraction of sp³-hybridized carbons (Fsp3) is 0.750. The van der Waals surface area contributed by atoms with Crippen molar-refractivity contribution in [2.24, 2.45) is 22.7 Å². The SMILES string of the molecule is CC1(C)O[C@@H]2C[C@H]3[C@@H]4C[C@H](F)C5=CC(=O)C=C[C@]5(C)[C@@]4(F)[C@@H](O)C[C@]3(C)[C@]2(C(=O)CSC2CCOC2=O)O1. The second kappa shape index (κ2) is 8.21. The van der Waals surface area contributed by atoms with E-state index in [9.17, 15) is 19.5 Å². The number of hydrogen-bond donors (Lipinski definition) is 1. The molecule has 10 heteroatoms. The second-order valence-electron chi connectivity index (χ2n) is 12.6. The molecular formula is C28H34F2O7S. The Kier molecular flexibility index (Phi) is 5.74. The first-order valence-electron chi connectivity index (χ1n) is 13.4. The van der Waals surface area contributed by atoms with Crippen LogP contribution in [-0.2, 0) is 28.6 Å². The fourth-order valence-corrected chi connectivity index (χ4v) is 9.75. The minimum absolute atomic E-state index is 0.0271. The Labute approximate surface area is 224 Å². The number of aliphatic hydroxyl groups excluding tert-OH is 1. The fourth-order valence-electron chi connectivity index (χ4n) is 8.71. The summed E-state index contributed by atoms with van der Waals surface area (Å²) in [5, 5.41) is 11.2. The van der Waals surface area contributed by atoms with Gasteiger partial charge < -0.3 is 19.3 Å². The predicted octanol–water partition coefficient (Wildman–Crippen LogP) is 3.42. The van der Waals surface area contributed by atoms with Crippen molar-refractivity contribution in [2.75, 3.05) is 12.4 Å². The highest BCUT2D eigenvalue weighted by Crippen LogP contribution is 2.72. The van der Waals surface area contributed by atoms with E-state index in [4.69, 9.17) is 14.2 Å². The van der Waals surface area contributed by atoms with Gasteiger partial charge in [0.1, 0.15) is 11.4 Å². The van der Waals surface area contributed by atoms with Crippen molar-refractivity contribution in [3.8, 4) is 0 Å². The molecule has 2 saturated heterocycles. The van der Waals surface area contributed by atoms with Crippen molar-refractivity contribution in [3.63, 3.8) is 0 Å². The van der Waals surface area contributed by atoms with Crippen LogP contribution < -0.4 is 0 Å². The lowest BCUT2D eigenvalue weighted by Gasteiger charge is -2.63. The first kappa shape index (κ1) is 26.6. The van der Waals surface area contributed by atoms with E-state index < -0.39 is 69.1 Å². The molecule has 0 radical (unpaired) electrons. The van der Waals surface area contributed by atoms with Crippen LogP contribution in [0.3, 0.4) is 0 Å². The molecule has 0 aromatic rings. The van der Waals surface area contributed by atoms with Crippen molar-refractivity contribution < 1.29 is 42.5 Å². The number of esters is 1. The average molecular weight is 553 g/mol. The minimum atomic E-state index is -2.25. The summed E-state index contributed by atoms with van der Waals surface area (Å²) in [6.07, 6.45) is 0.484. The summed E-state index contributed by atoms with van der Waals surface area (Å²) in [6.45, 7) is 7.14. The second-order valence-corrected chi connectivity index (χ2v) is 13.8. The van der Waals surface area contributed by atoms with Gasteiger partial charge in [-0.25, -0.2) is 8.78 Å². The van der Waals surface area contributed by atoms with E-state index in [0.717, 1.165) is 6.08 Å². The Morgan fingerprint density at radius 1 is 1.18 bits per heavy atom. The number of carbonyl (C=O) groups is 3. The zero-order valence-electron chi connectivity index (χ0n) is 22.0. The normalized spacial score (nSPS) is 50.6. The van der Waals surface area contributed by atoms with Gasteiger partial charge in [0.25, 0.3) is 0 Å². The maximum atomic E-state index is 17.4. The first-order valence-corrected chi connectivity index (χ1v) is 14.4. The molecule has 2 heterocycles. The van der Waals surface area contributed by atoms with Crippen molar-refractivity contribution in [2.45, 2.75) is 94.1 Å². The van der Waals surface area contributed by atoms with Gasteiger partial charge in [0.05, 0.1) is 24.6 Å². The topological polar surface area (TPSA) is 99.1 Å². The van der Waals surface area contributed by atoms with Gasteiger partial charge in [-0.05, 0) is 63.7 Å². The van der Waals surface area contributed by atoms with Crippen LogP contribution in [0.2, 0.25) is 0 Å². The van der Waals surface area contributed by atoms with Crippen LogP contribution in [-0.4, -0.2) is 75.7 Å². The molecule has 208 valence electrons. The smallest absolute Gasteiger partial charge is 0.319 e. The number of halogens is 2. The van der Waals surface area contributed by atoms with Gasteiger partial charge >= 0.3 is 5.97 Å². The Morgan fingerprint density at radius 2 is 1.92 bits per heavy atom.